The molecule has 0 aromatic rings. The molecule has 0 fully saturated rings. The van der Waals surface area contributed by atoms with Gasteiger partial charge in [-0.1, -0.05) is 0 Å². The van der Waals surface area contributed by atoms with E-state index in [-0.39, 0.29) is 0 Å². The fourth-order valence-electron chi connectivity index (χ4n) is 0.600. The van der Waals surface area contributed by atoms with Crippen LogP contribution in [0, 0.1) is 0 Å². The number of hydrogen-bond acceptors (Lipinski definition) is 4. The summed E-state index contributed by atoms with van der Waals surface area (Å²) in [6.07, 6.45) is 0.302. The van der Waals surface area contributed by atoms with Crippen molar-refractivity contribution in [1.82, 2.24) is 0 Å². The van der Waals surface area contributed by atoms with Crippen LogP contribution in [0.5, 0.6) is 0 Å². The first-order valence-corrected chi connectivity index (χ1v) is 2.62. The molecule has 2 unspecified atom stereocenters. The van der Waals surface area contributed by atoms with Crippen molar-refractivity contribution in [3.05, 3.63) is 0 Å². The summed E-state index contributed by atoms with van der Waals surface area (Å²) in [4.78, 5) is 14.1. The Morgan fingerprint density at radius 1 is 2.00 bits per heavy atom. The average Bonchev–Trinajstić information content (AvgIpc) is 2.13. The molecule has 0 saturated carbocycles. The highest BCUT2D eigenvalue weighted by molar-refractivity contribution is 5.88. The number of rotatable bonds is 1. The molecule has 1 heterocycles. The summed E-state index contributed by atoms with van der Waals surface area (Å²) in [5, 5.41) is 8.81. The maximum Gasteiger partial charge on any atom is 0.339 e. The monoisotopic (exact) mass is 129 g/mol. The Bertz CT molecular complexity index is 152. The van der Waals surface area contributed by atoms with Crippen molar-refractivity contribution in [2.24, 2.45) is 4.99 Å². The van der Waals surface area contributed by atoms with Gasteiger partial charge in [0.2, 0.25) is 0 Å². The van der Waals surface area contributed by atoms with E-state index in [2.05, 4.69) is 9.73 Å². The first-order valence-electron chi connectivity index (χ1n) is 2.62. The quantitative estimate of drug-likeness (QED) is 0.477. The van der Waals surface area contributed by atoms with Gasteiger partial charge in [0, 0.05) is 0 Å². The van der Waals surface area contributed by atoms with Gasteiger partial charge in [-0.25, -0.2) is 9.79 Å². The number of hydrogen-bond donors (Lipinski definition) is 1. The minimum atomic E-state index is -0.753. The van der Waals surface area contributed by atoms with Crippen molar-refractivity contribution < 1.29 is 14.6 Å². The lowest BCUT2D eigenvalue weighted by Crippen LogP contribution is -2.26. The van der Waals surface area contributed by atoms with Gasteiger partial charge in [0.1, 0.15) is 0 Å². The van der Waals surface area contributed by atoms with Gasteiger partial charge >= 0.3 is 5.97 Å². The van der Waals surface area contributed by atoms with Crippen LogP contribution >= 0.6 is 0 Å². The molecular weight excluding hydrogens is 122 g/mol. The van der Waals surface area contributed by atoms with Gasteiger partial charge in [-0.3, -0.25) is 0 Å². The van der Waals surface area contributed by atoms with E-state index < -0.39 is 18.1 Å². The van der Waals surface area contributed by atoms with Gasteiger partial charge in [-0.05, 0) is 6.92 Å². The summed E-state index contributed by atoms with van der Waals surface area (Å²) < 4.78 is 4.34. The summed E-state index contributed by atoms with van der Waals surface area (Å²) in [5.74, 6) is -0.481. The smallest absolute Gasteiger partial charge is 0.339 e. The van der Waals surface area contributed by atoms with E-state index in [1.807, 2.05) is 0 Å². The molecule has 0 aromatic heterocycles. The second-order valence-corrected chi connectivity index (χ2v) is 1.88. The largest absolute Gasteiger partial charge is 0.413 e. The molecule has 9 heavy (non-hydrogen) atoms. The molecule has 1 N–H and O–H groups in total. The molecule has 1 aliphatic heterocycles. The highest BCUT2D eigenvalue weighted by Crippen LogP contribution is 2.05. The highest BCUT2D eigenvalue weighted by atomic mass is 16.5. The summed E-state index contributed by atoms with van der Waals surface area (Å²) in [7, 11) is 0. The normalized spacial score (nSPS) is 28.2. The van der Waals surface area contributed by atoms with Crippen LogP contribution in [0.15, 0.2) is 4.99 Å². The van der Waals surface area contributed by atoms with Crippen molar-refractivity contribution in [2.45, 2.75) is 19.1 Å². The fraction of sp³-hybridized carbons (Fsp3) is 0.600. The Labute approximate surface area is 52.2 Å². The Balaban J connectivity index is 2.59. The average molecular weight is 129 g/mol. The third kappa shape index (κ3) is 1.08. The van der Waals surface area contributed by atoms with Gasteiger partial charge < -0.3 is 9.84 Å². The zero-order valence-corrected chi connectivity index (χ0v) is 4.94. The van der Waals surface area contributed by atoms with Crippen LogP contribution < -0.4 is 0 Å². The van der Waals surface area contributed by atoms with Gasteiger partial charge in [0.05, 0.1) is 6.10 Å². The standard InChI is InChI=1S/C5H7NO3/c1-3(7)4-5(8)9-2-6-4/h2-4,7H,1H3. The minimum absolute atomic E-state index is 0.481. The highest BCUT2D eigenvalue weighted by Gasteiger charge is 2.27. The number of nitrogens with zero attached hydrogens (tertiary/aromatic N) is 1. The van der Waals surface area contributed by atoms with Crippen LogP contribution in [0.2, 0.25) is 0 Å². The number of carbonyl (C=O) groups excluding carboxylic acids is 1. The van der Waals surface area contributed by atoms with E-state index in [0.29, 0.717) is 0 Å². The lowest BCUT2D eigenvalue weighted by Gasteiger charge is -2.04. The van der Waals surface area contributed by atoms with Gasteiger partial charge in [-0.2, -0.15) is 0 Å². The zero-order valence-electron chi connectivity index (χ0n) is 4.94. The Hall–Kier alpha value is -0.900. The topological polar surface area (TPSA) is 58.9 Å². The molecule has 4 heteroatoms. The summed E-state index contributed by atoms with van der Waals surface area (Å²) in [5.41, 5.74) is 0. The number of aliphatic hydroxyl groups excluding tert-OH is 1. The molecule has 0 bridgehead atoms. The predicted molar refractivity (Wildman–Crippen MR) is 30.1 cm³/mol. The number of cyclic esters (lactones) is 1. The van der Waals surface area contributed by atoms with Crippen LogP contribution in [-0.4, -0.2) is 29.6 Å². The number of esters is 1. The second-order valence-electron chi connectivity index (χ2n) is 1.88. The van der Waals surface area contributed by atoms with Crippen molar-refractivity contribution in [2.75, 3.05) is 0 Å². The van der Waals surface area contributed by atoms with Crippen LogP contribution in [0.25, 0.3) is 0 Å². The van der Waals surface area contributed by atoms with Crippen LogP contribution in [0.4, 0.5) is 0 Å². The van der Waals surface area contributed by atoms with Gasteiger partial charge in [-0.15, -0.1) is 0 Å². The van der Waals surface area contributed by atoms with E-state index in [4.69, 9.17) is 5.11 Å². The summed E-state index contributed by atoms with van der Waals surface area (Å²) in [6.45, 7) is 1.49. The predicted octanol–water partition coefficient (Wildman–Crippen LogP) is -0.679. The van der Waals surface area contributed by atoms with Crippen LogP contribution in [-0.2, 0) is 9.53 Å². The van der Waals surface area contributed by atoms with Crippen LogP contribution in [0.1, 0.15) is 6.92 Å². The first-order chi connectivity index (χ1) is 4.22. The molecule has 2 atom stereocenters. The molecule has 0 saturated heterocycles. The molecule has 0 aromatic carbocycles. The van der Waals surface area contributed by atoms with E-state index in [1.54, 1.807) is 0 Å². The van der Waals surface area contributed by atoms with E-state index in [0.717, 1.165) is 6.40 Å². The maximum atomic E-state index is 10.5. The minimum Gasteiger partial charge on any atom is -0.413 e. The molecule has 1 aliphatic rings. The molecule has 1 rings (SSSR count). The number of aliphatic imine (C=N–C) groups is 1. The summed E-state index contributed by atoms with van der Waals surface area (Å²) in [6, 6.07) is -0.704. The fourth-order valence-corrected chi connectivity index (χ4v) is 0.600. The molecule has 4 nitrogen and oxygen atoms in total. The molecule has 50 valence electrons. The number of ether oxygens (including phenoxy) is 1. The Morgan fingerprint density at radius 3 is 2.89 bits per heavy atom. The lowest BCUT2D eigenvalue weighted by atomic mass is 10.2. The lowest BCUT2D eigenvalue weighted by molar-refractivity contribution is -0.136. The van der Waals surface area contributed by atoms with Crippen molar-refractivity contribution in [3.8, 4) is 0 Å². The van der Waals surface area contributed by atoms with Crippen molar-refractivity contribution >= 4 is 12.4 Å². The first kappa shape index (κ1) is 6.22. The zero-order chi connectivity index (χ0) is 6.85. The number of carbonyl (C=O) groups is 1. The van der Waals surface area contributed by atoms with Crippen LogP contribution in [0.3, 0.4) is 0 Å². The molecule has 0 aliphatic carbocycles. The summed E-state index contributed by atoms with van der Waals surface area (Å²) >= 11 is 0. The molecular formula is C5H7NO3. The third-order valence-electron chi connectivity index (χ3n) is 1.09. The van der Waals surface area contributed by atoms with Gasteiger partial charge in [0.15, 0.2) is 12.4 Å². The SMILES string of the molecule is CC(O)C1N=COC1=O. The van der Waals surface area contributed by atoms with Crippen molar-refractivity contribution in [1.29, 1.82) is 0 Å². The van der Waals surface area contributed by atoms with Gasteiger partial charge in [0.25, 0.3) is 0 Å². The molecule has 0 radical (unpaired) electrons. The third-order valence-corrected chi connectivity index (χ3v) is 1.09. The van der Waals surface area contributed by atoms with E-state index in [1.165, 1.54) is 6.92 Å². The van der Waals surface area contributed by atoms with E-state index >= 15 is 0 Å². The van der Waals surface area contributed by atoms with E-state index in [9.17, 15) is 4.79 Å². The molecule has 0 spiro atoms. The number of aliphatic hydroxyl groups is 1. The molecule has 0 amide bonds. The second kappa shape index (κ2) is 2.14. The van der Waals surface area contributed by atoms with Crippen molar-refractivity contribution in [3.63, 3.8) is 0 Å². The Kier molecular flexibility index (Phi) is 1.48. The maximum absolute atomic E-state index is 10.5. The Morgan fingerprint density at radius 2 is 2.67 bits per heavy atom.